The fraction of sp³-hybridized carbons (Fsp3) is 0.100. The Morgan fingerprint density at radius 2 is 1.36 bits per heavy atom. The van der Waals surface area contributed by atoms with Crippen LogP contribution in [0.15, 0.2) is 96.9 Å². The van der Waals surface area contributed by atoms with E-state index >= 15 is 0 Å². The van der Waals surface area contributed by atoms with Crippen molar-refractivity contribution in [2.24, 2.45) is 0 Å². The fourth-order valence-electron chi connectivity index (χ4n) is 2.86. The van der Waals surface area contributed by atoms with Crippen molar-refractivity contribution in [2.45, 2.75) is 13.3 Å². The highest BCUT2D eigenvalue weighted by Gasteiger charge is 2.31. The number of para-hydroxylation sites is 2. The summed E-state index contributed by atoms with van der Waals surface area (Å²) in [4.78, 5) is 0. The van der Waals surface area contributed by atoms with Crippen LogP contribution in [0, 0.1) is 0 Å². The third-order valence-electron chi connectivity index (χ3n) is 3.91. The topological polar surface area (TPSA) is 6.48 Å². The van der Waals surface area contributed by atoms with E-state index in [4.69, 9.17) is 0 Å². The molecular formula is C20H20N2. The number of nitrogens with zero attached hydrogens (tertiary/aromatic N) is 2. The van der Waals surface area contributed by atoms with Crippen LogP contribution < -0.4 is 10.0 Å². The number of hydrogen-bond acceptors (Lipinski definition) is 2. The van der Waals surface area contributed by atoms with Crippen LogP contribution in [0.5, 0.6) is 0 Å². The molecule has 0 saturated carbocycles. The minimum absolute atomic E-state index is 0.817. The summed E-state index contributed by atoms with van der Waals surface area (Å²) >= 11 is 0. The quantitative estimate of drug-likeness (QED) is 0.705. The van der Waals surface area contributed by atoms with Crippen molar-refractivity contribution in [2.75, 3.05) is 10.0 Å². The highest BCUT2D eigenvalue weighted by atomic mass is 15.7. The number of hydrogen-bond donors (Lipinski definition) is 0. The van der Waals surface area contributed by atoms with Crippen LogP contribution in [0.25, 0.3) is 0 Å². The Morgan fingerprint density at radius 1 is 0.864 bits per heavy atom. The summed E-state index contributed by atoms with van der Waals surface area (Å²) in [5.41, 5.74) is 5.66. The normalized spacial score (nSPS) is 14.7. The maximum absolute atomic E-state index is 4.32. The van der Waals surface area contributed by atoms with Crippen molar-refractivity contribution in [3.63, 3.8) is 0 Å². The van der Waals surface area contributed by atoms with Gasteiger partial charge in [0.25, 0.3) is 0 Å². The summed E-state index contributed by atoms with van der Waals surface area (Å²) in [6.45, 7) is 10.3. The van der Waals surface area contributed by atoms with Crippen LogP contribution in [-0.4, -0.2) is 0 Å². The fourth-order valence-corrected chi connectivity index (χ4v) is 2.86. The van der Waals surface area contributed by atoms with Crippen LogP contribution in [-0.2, 0) is 0 Å². The molecule has 0 unspecified atom stereocenters. The molecule has 2 nitrogen and oxygen atoms in total. The van der Waals surface area contributed by atoms with Gasteiger partial charge < -0.3 is 0 Å². The summed E-state index contributed by atoms with van der Waals surface area (Å²) < 4.78 is 0. The molecule has 22 heavy (non-hydrogen) atoms. The lowest BCUT2D eigenvalue weighted by Gasteiger charge is -2.33. The molecule has 0 amide bonds. The first kappa shape index (κ1) is 14.2. The van der Waals surface area contributed by atoms with Gasteiger partial charge in [-0.25, -0.2) is 5.01 Å². The molecule has 110 valence electrons. The summed E-state index contributed by atoms with van der Waals surface area (Å²) in [7, 11) is 0. The van der Waals surface area contributed by atoms with Gasteiger partial charge in [-0.1, -0.05) is 49.1 Å². The van der Waals surface area contributed by atoms with Gasteiger partial charge in [0.15, 0.2) is 0 Å². The van der Waals surface area contributed by atoms with E-state index in [1.54, 1.807) is 0 Å². The number of rotatable bonds is 4. The molecule has 2 aromatic rings. The standard InChI is InChI=1S/C20H20N2/c1-4-11-20-16(2)21(18-12-7-5-8-13-18)22(17(20)3)19-14-9-6-10-15-19/h4-10,12-15H,1-2,11H2,3H3. The smallest absolute Gasteiger partial charge is 0.0636 e. The van der Waals surface area contributed by atoms with Crippen molar-refractivity contribution in [1.82, 2.24) is 0 Å². The minimum atomic E-state index is 0.817. The summed E-state index contributed by atoms with van der Waals surface area (Å²) in [6.07, 6.45) is 2.75. The molecule has 0 atom stereocenters. The highest BCUT2D eigenvalue weighted by Crippen LogP contribution is 2.40. The Bertz CT molecular complexity index is 714. The first-order chi connectivity index (χ1) is 10.7. The van der Waals surface area contributed by atoms with Crippen molar-refractivity contribution in [1.29, 1.82) is 0 Å². The third-order valence-corrected chi connectivity index (χ3v) is 3.91. The second-order valence-electron chi connectivity index (χ2n) is 5.30. The summed E-state index contributed by atoms with van der Waals surface area (Å²) in [6, 6.07) is 20.7. The van der Waals surface area contributed by atoms with E-state index in [2.05, 4.69) is 66.5 Å². The maximum Gasteiger partial charge on any atom is 0.0636 e. The Kier molecular flexibility index (Phi) is 3.84. The Labute approximate surface area is 132 Å². The zero-order valence-corrected chi connectivity index (χ0v) is 12.9. The average molecular weight is 288 g/mol. The highest BCUT2D eigenvalue weighted by molar-refractivity contribution is 5.73. The summed E-state index contributed by atoms with van der Waals surface area (Å²) in [5.74, 6) is 0. The van der Waals surface area contributed by atoms with E-state index in [1.807, 2.05) is 30.3 Å². The molecule has 2 aromatic carbocycles. The average Bonchev–Trinajstić information content (AvgIpc) is 2.81. The molecule has 0 N–H and O–H groups in total. The SMILES string of the molecule is C=CCC1=C(C)N(c2ccccc2)N(c2ccccc2)C1=C. The van der Waals surface area contributed by atoms with Gasteiger partial charge in [-0.05, 0) is 37.6 Å². The van der Waals surface area contributed by atoms with Gasteiger partial charge in [-0.2, -0.15) is 0 Å². The number of hydrazine groups is 1. The van der Waals surface area contributed by atoms with Crippen molar-refractivity contribution in [3.05, 3.63) is 96.9 Å². The van der Waals surface area contributed by atoms with E-state index in [0.717, 1.165) is 23.5 Å². The maximum atomic E-state index is 4.32. The predicted molar refractivity (Wildman–Crippen MR) is 94.5 cm³/mol. The largest absolute Gasteiger partial charge is 0.253 e. The lowest BCUT2D eigenvalue weighted by Crippen LogP contribution is -2.35. The van der Waals surface area contributed by atoms with Crippen LogP contribution in [0.3, 0.4) is 0 Å². The van der Waals surface area contributed by atoms with E-state index < -0.39 is 0 Å². The molecule has 3 rings (SSSR count). The van der Waals surface area contributed by atoms with Crippen LogP contribution in [0.4, 0.5) is 11.4 Å². The van der Waals surface area contributed by atoms with Gasteiger partial charge in [0.1, 0.15) is 0 Å². The van der Waals surface area contributed by atoms with Gasteiger partial charge >= 0.3 is 0 Å². The van der Waals surface area contributed by atoms with Gasteiger partial charge in [-0.3, -0.25) is 5.01 Å². The molecule has 0 aromatic heterocycles. The molecule has 0 bridgehead atoms. The van der Waals surface area contributed by atoms with Crippen molar-refractivity contribution < 1.29 is 0 Å². The lowest BCUT2D eigenvalue weighted by atomic mass is 10.1. The molecule has 0 spiro atoms. The Balaban J connectivity index is 2.12. The van der Waals surface area contributed by atoms with E-state index in [-0.39, 0.29) is 0 Å². The molecule has 0 fully saturated rings. The molecule has 0 saturated heterocycles. The zero-order chi connectivity index (χ0) is 15.5. The number of allylic oxidation sites excluding steroid dienone is 3. The monoisotopic (exact) mass is 288 g/mol. The zero-order valence-electron chi connectivity index (χ0n) is 12.9. The molecule has 1 aliphatic heterocycles. The first-order valence-electron chi connectivity index (χ1n) is 7.44. The van der Waals surface area contributed by atoms with Crippen molar-refractivity contribution in [3.8, 4) is 0 Å². The van der Waals surface area contributed by atoms with Crippen LogP contribution >= 0.6 is 0 Å². The van der Waals surface area contributed by atoms with Gasteiger partial charge in [0, 0.05) is 11.3 Å². The van der Waals surface area contributed by atoms with Crippen LogP contribution in [0.1, 0.15) is 13.3 Å². The molecule has 1 aliphatic rings. The molecule has 2 heteroatoms. The molecular weight excluding hydrogens is 268 g/mol. The van der Waals surface area contributed by atoms with Gasteiger partial charge in [0.2, 0.25) is 0 Å². The lowest BCUT2D eigenvalue weighted by molar-refractivity contribution is 0.944. The van der Waals surface area contributed by atoms with E-state index in [9.17, 15) is 0 Å². The first-order valence-corrected chi connectivity index (χ1v) is 7.44. The predicted octanol–water partition coefficient (Wildman–Crippen LogP) is 5.29. The van der Waals surface area contributed by atoms with Gasteiger partial charge in [-0.15, -0.1) is 6.58 Å². The Morgan fingerprint density at radius 3 is 1.86 bits per heavy atom. The van der Waals surface area contributed by atoms with Crippen molar-refractivity contribution >= 4 is 11.4 Å². The van der Waals surface area contributed by atoms with Crippen LogP contribution in [0.2, 0.25) is 0 Å². The van der Waals surface area contributed by atoms with E-state index in [0.29, 0.717) is 0 Å². The molecule has 0 radical (unpaired) electrons. The Hall–Kier alpha value is -2.74. The molecule has 0 aliphatic carbocycles. The number of benzene rings is 2. The second kappa shape index (κ2) is 5.94. The third kappa shape index (κ3) is 2.33. The second-order valence-corrected chi connectivity index (χ2v) is 5.30. The summed E-state index contributed by atoms with van der Waals surface area (Å²) in [5, 5.41) is 4.39. The van der Waals surface area contributed by atoms with Gasteiger partial charge in [0.05, 0.1) is 17.1 Å². The minimum Gasteiger partial charge on any atom is -0.253 e. The molecule has 1 heterocycles. The van der Waals surface area contributed by atoms with E-state index in [1.165, 1.54) is 11.3 Å². The number of anilines is 2.